The Morgan fingerprint density at radius 2 is 1.85 bits per heavy atom. The van der Waals surface area contributed by atoms with E-state index in [2.05, 4.69) is 48.2 Å². The first-order valence-corrected chi connectivity index (χ1v) is 8.94. The van der Waals surface area contributed by atoms with Crippen molar-refractivity contribution in [3.63, 3.8) is 0 Å². The smallest absolute Gasteiger partial charge is 0.229 e. The number of nitrogens with one attached hydrogen (secondary N) is 1. The van der Waals surface area contributed by atoms with Gasteiger partial charge in [0.2, 0.25) is 5.95 Å². The van der Waals surface area contributed by atoms with Crippen molar-refractivity contribution in [1.29, 1.82) is 0 Å². The summed E-state index contributed by atoms with van der Waals surface area (Å²) in [5, 5.41) is 8.75. The largest absolute Gasteiger partial charge is 0.372 e. The first-order chi connectivity index (χ1) is 12.5. The van der Waals surface area contributed by atoms with E-state index in [1.165, 1.54) is 5.56 Å². The third kappa shape index (κ3) is 3.10. The number of benzene rings is 1. The average molecular weight is 352 g/mol. The van der Waals surface area contributed by atoms with Crippen molar-refractivity contribution in [2.24, 2.45) is 7.05 Å². The second-order valence-electron chi connectivity index (χ2n) is 6.98. The van der Waals surface area contributed by atoms with Gasteiger partial charge in [0, 0.05) is 25.8 Å². The summed E-state index contributed by atoms with van der Waals surface area (Å²) in [4.78, 5) is 11.8. The van der Waals surface area contributed by atoms with Crippen molar-refractivity contribution < 1.29 is 4.74 Å². The summed E-state index contributed by atoms with van der Waals surface area (Å²) < 4.78 is 7.63. The summed E-state index contributed by atoms with van der Waals surface area (Å²) >= 11 is 0. The van der Waals surface area contributed by atoms with Crippen molar-refractivity contribution in [2.75, 3.05) is 23.3 Å². The fourth-order valence-corrected chi connectivity index (χ4v) is 3.43. The molecule has 26 heavy (non-hydrogen) atoms. The average Bonchev–Trinajstić information content (AvgIpc) is 2.97. The number of hydrogen-bond acceptors (Lipinski definition) is 6. The van der Waals surface area contributed by atoms with E-state index in [0.29, 0.717) is 5.95 Å². The first-order valence-electron chi connectivity index (χ1n) is 8.94. The van der Waals surface area contributed by atoms with Gasteiger partial charge in [-0.1, -0.05) is 18.2 Å². The molecule has 7 nitrogen and oxygen atoms in total. The van der Waals surface area contributed by atoms with Crippen LogP contribution in [0.15, 0.2) is 30.5 Å². The monoisotopic (exact) mass is 352 g/mol. The van der Waals surface area contributed by atoms with E-state index >= 15 is 0 Å². The van der Waals surface area contributed by atoms with Crippen molar-refractivity contribution in [1.82, 2.24) is 19.7 Å². The highest BCUT2D eigenvalue weighted by Crippen LogP contribution is 2.28. The highest BCUT2D eigenvalue weighted by atomic mass is 16.5. The van der Waals surface area contributed by atoms with Crippen LogP contribution in [0.25, 0.3) is 11.0 Å². The van der Waals surface area contributed by atoms with Crippen LogP contribution in [-0.4, -0.2) is 45.0 Å². The molecule has 136 valence electrons. The van der Waals surface area contributed by atoms with Gasteiger partial charge in [0.1, 0.15) is 5.82 Å². The molecule has 7 heteroatoms. The number of nitrogens with zero attached hydrogens (tertiary/aromatic N) is 5. The molecule has 3 aromatic rings. The van der Waals surface area contributed by atoms with Crippen LogP contribution in [0.3, 0.4) is 0 Å². The van der Waals surface area contributed by atoms with E-state index in [1.807, 2.05) is 25.4 Å². The van der Waals surface area contributed by atoms with Crippen molar-refractivity contribution in [3.05, 3.63) is 36.0 Å². The topological polar surface area (TPSA) is 68.1 Å². The zero-order valence-electron chi connectivity index (χ0n) is 15.6. The molecule has 0 aliphatic carbocycles. The predicted molar refractivity (Wildman–Crippen MR) is 103 cm³/mol. The van der Waals surface area contributed by atoms with Crippen LogP contribution < -0.4 is 10.2 Å². The molecule has 2 aromatic heterocycles. The van der Waals surface area contributed by atoms with E-state index in [0.717, 1.165) is 35.6 Å². The second kappa shape index (κ2) is 6.57. The molecule has 3 heterocycles. The third-order valence-corrected chi connectivity index (χ3v) is 4.68. The summed E-state index contributed by atoms with van der Waals surface area (Å²) in [6, 6.07) is 8.18. The Morgan fingerprint density at radius 3 is 2.58 bits per heavy atom. The Hall–Kier alpha value is -2.67. The molecule has 0 spiro atoms. The lowest BCUT2D eigenvalue weighted by molar-refractivity contribution is -0.00569. The number of aryl methyl sites for hydroxylation is 2. The van der Waals surface area contributed by atoms with Crippen LogP contribution in [0.5, 0.6) is 0 Å². The SMILES string of the molecule is Cc1ccccc1Nc1nc(N2CC(C)OC(C)C2)nc2c1cnn2C. The first kappa shape index (κ1) is 16.8. The van der Waals surface area contributed by atoms with Crippen LogP contribution in [0, 0.1) is 6.92 Å². The molecule has 0 radical (unpaired) electrons. The van der Waals surface area contributed by atoms with Gasteiger partial charge in [-0.3, -0.25) is 4.68 Å². The maximum absolute atomic E-state index is 5.85. The predicted octanol–water partition coefficient (Wildman–Crippen LogP) is 3.03. The molecule has 1 N–H and O–H groups in total. The number of anilines is 3. The number of hydrogen-bond donors (Lipinski definition) is 1. The normalized spacial score (nSPS) is 20.5. The molecule has 1 aromatic carbocycles. The van der Waals surface area contributed by atoms with Gasteiger partial charge in [-0.2, -0.15) is 15.1 Å². The molecule has 1 aliphatic heterocycles. The van der Waals surface area contributed by atoms with Crippen LogP contribution in [0.1, 0.15) is 19.4 Å². The van der Waals surface area contributed by atoms with Gasteiger partial charge in [-0.05, 0) is 32.4 Å². The van der Waals surface area contributed by atoms with Crippen LogP contribution in [0.4, 0.5) is 17.5 Å². The summed E-state index contributed by atoms with van der Waals surface area (Å²) in [5.41, 5.74) is 3.02. The molecule has 1 aliphatic rings. The number of ether oxygens (including phenoxy) is 1. The summed E-state index contributed by atoms with van der Waals surface area (Å²) in [5.74, 6) is 1.48. The Morgan fingerprint density at radius 1 is 1.12 bits per heavy atom. The molecule has 0 amide bonds. The maximum Gasteiger partial charge on any atom is 0.229 e. The fraction of sp³-hybridized carbons (Fsp3) is 0.421. The van der Waals surface area contributed by atoms with Crippen molar-refractivity contribution in [2.45, 2.75) is 33.0 Å². The summed E-state index contributed by atoms with van der Waals surface area (Å²) in [6.45, 7) is 7.79. The number of fused-ring (bicyclic) bond motifs is 1. The lowest BCUT2D eigenvalue weighted by Crippen LogP contribution is -2.46. The highest BCUT2D eigenvalue weighted by Gasteiger charge is 2.25. The Bertz CT molecular complexity index is 927. The maximum atomic E-state index is 5.85. The minimum atomic E-state index is 0.150. The lowest BCUT2D eigenvalue weighted by atomic mass is 10.2. The molecular weight excluding hydrogens is 328 g/mol. The molecule has 0 saturated carbocycles. The van der Waals surface area contributed by atoms with E-state index in [9.17, 15) is 0 Å². The zero-order valence-corrected chi connectivity index (χ0v) is 15.6. The van der Waals surface area contributed by atoms with Gasteiger partial charge in [-0.25, -0.2) is 0 Å². The zero-order chi connectivity index (χ0) is 18.3. The second-order valence-corrected chi connectivity index (χ2v) is 6.98. The number of morpholine rings is 1. The molecule has 4 rings (SSSR count). The van der Waals surface area contributed by atoms with Gasteiger partial charge in [0.25, 0.3) is 0 Å². The number of para-hydroxylation sites is 1. The molecular formula is C19H24N6O. The van der Waals surface area contributed by atoms with Gasteiger partial charge in [-0.15, -0.1) is 0 Å². The van der Waals surface area contributed by atoms with Gasteiger partial charge in [0.05, 0.1) is 23.8 Å². The lowest BCUT2D eigenvalue weighted by Gasteiger charge is -2.35. The molecule has 2 unspecified atom stereocenters. The van der Waals surface area contributed by atoms with Gasteiger partial charge in [0.15, 0.2) is 5.65 Å². The van der Waals surface area contributed by atoms with Crippen molar-refractivity contribution in [3.8, 4) is 0 Å². The van der Waals surface area contributed by atoms with Gasteiger partial charge < -0.3 is 15.0 Å². The minimum absolute atomic E-state index is 0.150. The Kier molecular flexibility index (Phi) is 4.24. The number of rotatable bonds is 3. The van der Waals surface area contributed by atoms with Crippen LogP contribution in [-0.2, 0) is 11.8 Å². The Labute approximate surface area is 153 Å². The van der Waals surface area contributed by atoms with Crippen LogP contribution >= 0.6 is 0 Å². The number of aromatic nitrogens is 4. The minimum Gasteiger partial charge on any atom is -0.372 e. The van der Waals surface area contributed by atoms with Crippen molar-refractivity contribution >= 4 is 28.5 Å². The van der Waals surface area contributed by atoms with E-state index in [4.69, 9.17) is 14.7 Å². The van der Waals surface area contributed by atoms with E-state index < -0.39 is 0 Å². The summed E-state index contributed by atoms with van der Waals surface area (Å²) in [7, 11) is 1.90. The van der Waals surface area contributed by atoms with E-state index in [-0.39, 0.29) is 12.2 Å². The van der Waals surface area contributed by atoms with E-state index in [1.54, 1.807) is 4.68 Å². The molecule has 0 bridgehead atoms. The Balaban J connectivity index is 1.78. The standard InChI is InChI=1S/C19H24N6O/c1-12-7-5-6-8-16(12)21-17-15-9-20-24(4)18(15)23-19(22-17)25-10-13(2)26-14(3)11-25/h5-9,13-14H,10-11H2,1-4H3,(H,21,22,23). The molecule has 1 fully saturated rings. The third-order valence-electron chi connectivity index (χ3n) is 4.68. The molecule has 1 saturated heterocycles. The highest BCUT2D eigenvalue weighted by molar-refractivity contribution is 5.89. The van der Waals surface area contributed by atoms with Crippen LogP contribution in [0.2, 0.25) is 0 Å². The quantitative estimate of drug-likeness (QED) is 0.781. The molecule has 2 atom stereocenters. The fourth-order valence-electron chi connectivity index (χ4n) is 3.43. The van der Waals surface area contributed by atoms with Gasteiger partial charge >= 0.3 is 0 Å². The summed E-state index contributed by atoms with van der Waals surface area (Å²) in [6.07, 6.45) is 2.11.